The predicted octanol–water partition coefficient (Wildman–Crippen LogP) is 3.29. The Morgan fingerprint density at radius 3 is 2.20 bits per heavy atom. The van der Waals surface area contributed by atoms with Crippen molar-refractivity contribution < 1.29 is 5.11 Å². The van der Waals surface area contributed by atoms with Crippen molar-refractivity contribution in [3.05, 3.63) is 71.3 Å². The van der Waals surface area contributed by atoms with Gasteiger partial charge in [-0.2, -0.15) is 0 Å². The van der Waals surface area contributed by atoms with Crippen LogP contribution in [0.1, 0.15) is 30.0 Å². The van der Waals surface area contributed by atoms with Crippen LogP contribution in [0.25, 0.3) is 0 Å². The molecule has 0 saturated heterocycles. The highest BCUT2D eigenvalue weighted by molar-refractivity contribution is 5.21. The fraction of sp³-hybridized carbons (Fsp3) is 0.333. The minimum absolute atomic E-state index is 0.112. The first kappa shape index (κ1) is 14.8. The summed E-state index contributed by atoms with van der Waals surface area (Å²) < 4.78 is 0. The van der Waals surface area contributed by atoms with E-state index in [1.165, 1.54) is 11.1 Å². The molecular weight excluding hydrogens is 246 g/mol. The second-order valence-electron chi connectivity index (χ2n) is 5.28. The number of nitrogens with one attached hydrogen (secondary N) is 1. The normalized spacial score (nSPS) is 12.3. The van der Waals surface area contributed by atoms with Gasteiger partial charge in [0.15, 0.2) is 0 Å². The van der Waals surface area contributed by atoms with Gasteiger partial charge in [-0.05, 0) is 36.5 Å². The van der Waals surface area contributed by atoms with Gasteiger partial charge in [-0.25, -0.2) is 0 Å². The summed E-state index contributed by atoms with van der Waals surface area (Å²) in [5.41, 5.74) is 3.62. The SMILES string of the molecule is CC(CCc1ccccc1)NCc1ccc(CO)cc1. The maximum atomic E-state index is 9.01. The number of aliphatic hydroxyl groups excluding tert-OH is 1. The molecule has 0 spiro atoms. The smallest absolute Gasteiger partial charge is 0.0681 e. The molecule has 0 heterocycles. The summed E-state index contributed by atoms with van der Waals surface area (Å²) in [7, 11) is 0. The molecule has 0 aromatic heterocycles. The van der Waals surface area contributed by atoms with Gasteiger partial charge in [-0.3, -0.25) is 0 Å². The summed E-state index contributed by atoms with van der Waals surface area (Å²) in [6.07, 6.45) is 2.25. The van der Waals surface area contributed by atoms with Gasteiger partial charge in [0.2, 0.25) is 0 Å². The summed E-state index contributed by atoms with van der Waals surface area (Å²) in [5.74, 6) is 0. The lowest BCUT2D eigenvalue weighted by molar-refractivity contribution is 0.282. The van der Waals surface area contributed by atoms with Crippen LogP contribution in [-0.2, 0) is 19.6 Å². The lowest BCUT2D eigenvalue weighted by atomic mass is 10.1. The molecule has 0 radical (unpaired) electrons. The van der Waals surface area contributed by atoms with Crippen molar-refractivity contribution in [2.24, 2.45) is 0 Å². The number of aliphatic hydroxyl groups is 1. The number of rotatable bonds is 7. The molecule has 2 aromatic rings. The van der Waals surface area contributed by atoms with Crippen molar-refractivity contribution in [2.45, 2.75) is 39.0 Å². The van der Waals surface area contributed by atoms with Crippen LogP contribution in [0, 0.1) is 0 Å². The Labute approximate surface area is 121 Å². The zero-order valence-electron chi connectivity index (χ0n) is 12.0. The van der Waals surface area contributed by atoms with Crippen molar-refractivity contribution in [1.82, 2.24) is 5.32 Å². The fourth-order valence-electron chi connectivity index (χ4n) is 2.18. The lowest BCUT2D eigenvalue weighted by Gasteiger charge is -2.14. The highest BCUT2D eigenvalue weighted by Crippen LogP contribution is 2.07. The first-order valence-electron chi connectivity index (χ1n) is 7.24. The summed E-state index contributed by atoms with van der Waals surface area (Å²) in [4.78, 5) is 0. The van der Waals surface area contributed by atoms with Crippen LogP contribution in [-0.4, -0.2) is 11.1 Å². The minimum Gasteiger partial charge on any atom is -0.392 e. The molecule has 2 N–H and O–H groups in total. The Balaban J connectivity index is 1.73. The van der Waals surface area contributed by atoms with Gasteiger partial charge >= 0.3 is 0 Å². The first-order valence-corrected chi connectivity index (χ1v) is 7.24. The average molecular weight is 269 g/mol. The van der Waals surface area contributed by atoms with Crippen LogP contribution in [0.4, 0.5) is 0 Å². The number of aryl methyl sites for hydroxylation is 1. The summed E-state index contributed by atoms with van der Waals surface area (Å²) >= 11 is 0. The van der Waals surface area contributed by atoms with E-state index in [2.05, 4.69) is 54.7 Å². The zero-order chi connectivity index (χ0) is 14.2. The van der Waals surface area contributed by atoms with E-state index in [1.54, 1.807) is 0 Å². The summed E-state index contributed by atoms with van der Waals surface area (Å²) in [6.45, 7) is 3.22. The molecule has 0 aliphatic heterocycles. The van der Waals surface area contributed by atoms with Gasteiger partial charge < -0.3 is 10.4 Å². The molecule has 106 valence electrons. The van der Waals surface area contributed by atoms with Gasteiger partial charge in [0, 0.05) is 12.6 Å². The topological polar surface area (TPSA) is 32.3 Å². The molecule has 0 bridgehead atoms. The average Bonchev–Trinajstić information content (AvgIpc) is 2.52. The summed E-state index contributed by atoms with van der Waals surface area (Å²) in [5, 5.41) is 12.6. The Bertz CT molecular complexity index is 493. The third-order valence-electron chi connectivity index (χ3n) is 3.57. The maximum Gasteiger partial charge on any atom is 0.0681 e. The molecule has 0 fully saturated rings. The lowest BCUT2D eigenvalue weighted by Crippen LogP contribution is -2.25. The second-order valence-corrected chi connectivity index (χ2v) is 5.28. The molecule has 2 rings (SSSR count). The van der Waals surface area contributed by atoms with E-state index in [9.17, 15) is 0 Å². The number of hydrogen-bond donors (Lipinski definition) is 2. The molecule has 2 heteroatoms. The van der Waals surface area contributed by atoms with Crippen molar-refractivity contribution >= 4 is 0 Å². The quantitative estimate of drug-likeness (QED) is 0.808. The molecule has 0 aliphatic rings. The highest BCUT2D eigenvalue weighted by Gasteiger charge is 2.02. The van der Waals surface area contributed by atoms with E-state index in [0.717, 1.165) is 24.9 Å². The van der Waals surface area contributed by atoms with Gasteiger partial charge in [-0.15, -0.1) is 0 Å². The standard InChI is InChI=1S/C18H23NO/c1-15(7-8-16-5-3-2-4-6-16)19-13-17-9-11-18(14-20)12-10-17/h2-6,9-12,15,19-20H,7-8,13-14H2,1H3. The third-order valence-corrected chi connectivity index (χ3v) is 3.57. The second kappa shape index (κ2) is 7.83. The van der Waals surface area contributed by atoms with E-state index in [-0.39, 0.29) is 6.61 Å². The molecule has 20 heavy (non-hydrogen) atoms. The Hall–Kier alpha value is -1.64. The van der Waals surface area contributed by atoms with Gasteiger partial charge in [0.25, 0.3) is 0 Å². The van der Waals surface area contributed by atoms with Gasteiger partial charge in [0.05, 0.1) is 6.61 Å². The van der Waals surface area contributed by atoms with Crippen molar-refractivity contribution in [1.29, 1.82) is 0 Å². The van der Waals surface area contributed by atoms with E-state index >= 15 is 0 Å². The van der Waals surface area contributed by atoms with Gasteiger partial charge in [0.1, 0.15) is 0 Å². The highest BCUT2D eigenvalue weighted by atomic mass is 16.3. The minimum atomic E-state index is 0.112. The van der Waals surface area contributed by atoms with E-state index in [1.807, 2.05) is 12.1 Å². The molecular formula is C18H23NO. The molecule has 1 unspecified atom stereocenters. The third kappa shape index (κ3) is 4.80. The Kier molecular flexibility index (Phi) is 5.78. The van der Waals surface area contributed by atoms with E-state index in [0.29, 0.717) is 6.04 Å². The van der Waals surface area contributed by atoms with Crippen LogP contribution in [0.5, 0.6) is 0 Å². The monoisotopic (exact) mass is 269 g/mol. The van der Waals surface area contributed by atoms with Crippen LogP contribution in [0.15, 0.2) is 54.6 Å². The molecule has 1 atom stereocenters. The molecule has 0 saturated carbocycles. The van der Waals surface area contributed by atoms with Gasteiger partial charge in [-0.1, -0.05) is 54.6 Å². The van der Waals surface area contributed by atoms with Crippen LogP contribution < -0.4 is 5.32 Å². The van der Waals surface area contributed by atoms with E-state index in [4.69, 9.17) is 5.11 Å². The van der Waals surface area contributed by atoms with Crippen molar-refractivity contribution in [3.8, 4) is 0 Å². The first-order chi connectivity index (χ1) is 9.78. The van der Waals surface area contributed by atoms with Crippen LogP contribution in [0.2, 0.25) is 0 Å². The molecule has 2 aromatic carbocycles. The van der Waals surface area contributed by atoms with Crippen LogP contribution in [0.3, 0.4) is 0 Å². The number of benzene rings is 2. The number of hydrogen-bond acceptors (Lipinski definition) is 2. The summed E-state index contributed by atoms with van der Waals surface area (Å²) in [6, 6.07) is 19.2. The van der Waals surface area contributed by atoms with E-state index < -0.39 is 0 Å². The van der Waals surface area contributed by atoms with Crippen LogP contribution >= 0.6 is 0 Å². The van der Waals surface area contributed by atoms with Crippen molar-refractivity contribution in [2.75, 3.05) is 0 Å². The fourth-order valence-corrected chi connectivity index (χ4v) is 2.18. The molecule has 2 nitrogen and oxygen atoms in total. The Morgan fingerprint density at radius 1 is 0.900 bits per heavy atom. The zero-order valence-corrected chi connectivity index (χ0v) is 12.0. The van der Waals surface area contributed by atoms with Crippen molar-refractivity contribution in [3.63, 3.8) is 0 Å². The molecule has 0 amide bonds. The predicted molar refractivity (Wildman–Crippen MR) is 83.4 cm³/mol. The molecule has 0 aliphatic carbocycles. The largest absolute Gasteiger partial charge is 0.392 e. The Morgan fingerprint density at radius 2 is 1.55 bits per heavy atom. The maximum absolute atomic E-state index is 9.01.